The Balaban J connectivity index is 2.28. The molecular weight excluding hydrogens is 325 g/mol. The van der Waals surface area contributed by atoms with Gasteiger partial charge in [-0.1, -0.05) is 29.3 Å². The smallest absolute Gasteiger partial charge is 0.307 e. The maximum absolute atomic E-state index is 13.6. The molecule has 2 aromatic carbocycles. The van der Waals surface area contributed by atoms with Gasteiger partial charge in [-0.3, -0.25) is 10.1 Å². The molecule has 2 rings (SSSR count). The molecule has 0 saturated carbocycles. The van der Waals surface area contributed by atoms with Gasteiger partial charge in [0.25, 0.3) is 0 Å². The number of hydrogen-bond donors (Lipinski definition) is 1. The third-order valence-corrected chi connectivity index (χ3v) is 3.46. The average Bonchev–Trinajstić information content (AvgIpc) is 2.39. The maximum atomic E-state index is 13.6. The van der Waals surface area contributed by atoms with Crippen LogP contribution in [0, 0.1) is 21.7 Å². The van der Waals surface area contributed by atoms with Crippen molar-refractivity contribution >= 4 is 34.6 Å². The van der Waals surface area contributed by atoms with Crippen LogP contribution < -0.4 is 5.32 Å². The Labute approximate surface area is 128 Å². The van der Waals surface area contributed by atoms with E-state index in [0.717, 1.165) is 6.07 Å². The van der Waals surface area contributed by atoms with E-state index in [-0.39, 0.29) is 12.2 Å². The Hall–Kier alpha value is -1.92. The van der Waals surface area contributed by atoms with Crippen molar-refractivity contribution in [3.05, 3.63) is 67.7 Å². The fourth-order valence-electron chi connectivity index (χ4n) is 1.70. The Kier molecular flexibility index (Phi) is 4.59. The van der Waals surface area contributed by atoms with Crippen molar-refractivity contribution in [1.29, 1.82) is 0 Å². The predicted octanol–water partition coefficient (Wildman–Crippen LogP) is 4.79. The molecule has 0 atom stereocenters. The second-order valence-corrected chi connectivity index (χ2v) is 4.91. The number of halogens is 4. The molecule has 0 fully saturated rings. The zero-order valence-electron chi connectivity index (χ0n) is 10.4. The van der Waals surface area contributed by atoms with Crippen molar-refractivity contribution in [3.8, 4) is 0 Å². The minimum absolute atomic E-state index is 0.0399. The van der Waals surface area contributed by atoms with Crippen LogP contribution in [0.1, 0.15) is 5.56 Å². The summed E-state index contributed by atoms with van der Waals surface area (Å²) in [5.74, 6) is -2.18. The monoisotopic (exact) mass is 332 g/mol. The topological polar surface area (TPSA) is 55.2 Å². The number of hydrogen-bond acceptors (Lipinski definition) is 3. The van der Waals surface area contributed by atoms with Crippen molar-refractivity contribution < 1.29 is 13.7 Å². The summed E-state index contributed by atoms with van der Waals surface area (Å²) in [6.07, 6.45) is 0. The standard InChI is InChI=1S/C13H8Cl2F2N2O2/c14-8-2-1-3-9(15)7(8)6-18-12-5-13(19(20)21)11(17)4-10(12)16/h1-5,18H,6H2. The van der Waals surface area contributed by atoms with Gasteiger partial charge in [-0.25, -0.2) is 4.39 Å². The van der Waals surface area contributed by atoms with E-state index in [1.807, 2.05) is 0 Å². The minimum Gasteiger partial charge on any atom is -0.378 e. The molecule has 21 heavy (non-hydrogen) atoms. The van der Waals surface area contributed by atoms with Gasteiger partial charge in [-0.05, 0) is 12.1 Å². The highest BCUT2D eigenvalue weighted by atomic mass is 35.5. The molecule has 0 aliphatic heterocycles. The van der Waals surface area contributed by atoms with E-state index in [9.17, 15) is 18.9 Å². The van der Waals surface area contributed by atoms with Crippen LogP contribution in [0.25, 0.3) is 0 Å². The number of rotatable bonds is 4. The van der Waals surface area contributed by atoms with E-state index in [4.69, 9.17) is 23.2 Å². The molecule has 0 aliphatic rings. The lowest BCUT2D eigenvalue weighted by molar-refractivity contribution is -0.387. The molecule has 0 bridgehead atoms. The molecule has 0 aliphatic carbocycles. The minimum atomic E-state index is -1.24. The van der Waals surface area contributed by atoms with Crippen molar-refractivity contribution in [2.24, 2.45) is 0 Å². The largest absolute Gasteiger partial charge is 0.378 e. The van der Waals surface area contributed by atoms with E-state index < -0.39 is 22.2 Å². The molecule has 0 aromatic heterocycles. The third kappa shape index (κ3) is 3.40. The fourth-order valence-corrected chi connectivity index (χ4v) is 2.23. The van der Waals surface area contributed by atoms with Gasteiger partial charge in [-0.2, -0.15) is 4.39 Å². The summed E-state index contributed by atoms with van der Waals surface area (Å²) in [4.78, 5) is 9.71. The summed E-state index contributed by atoms with van der Waals surface area (Å²) in [5.41, 5.74) is -0.518. The van der Waals surface area contributed by atoms with Gasteiger partial charge in [0.2, 0.25) is 5.82 Å². The highest BCUT2D eigenvalue weighted by molar-refractivity contribution is 6.36. The summed E-state index contributed by atoms with van der Waals surface area (Å²) in [7, 11) is 0. The van der Waals surface area contributed by atoms with Crippen LogP contribution >= 0.6 is 23.2 Å². The molecule has 0 heterocycles. The van der Waals surface area contributed by atoms with Crippen molar-refractivity contribution in [3.63, 3.8) is 0 Å². The highest BCUT2D eigenvalue weighted by Gasteiger charge is 2.18. The van der Waals surface area contributed by atoms with Crippen LogP contribution in [0.5, 0.6) is 0 Å². The van der Waals surface area contributed by atoms with Gasteiger partial charge in [-0.15, -0.1) is 0 Å². The molecule has 1 N–H and O–H groups in total. The van der Waals surface area contributed by atoms with E-state index in [1.54, 1.807) is 18.2 Å². The second-order valence-electron chi connectivity index (χ2n) is 4.09. The van der Waals surface area contributed by atoms with Crippen molar-refractivity contribution in [2.75, 3.05) is 5.32 Å². The van der Waals surface area contributed by atoms with Crippen LogP contribution in [-0.2, 0) is 6.54 Å². The lowest BCUT2D eigenvalue weighted by Crippen LogP contribution is -2.04. The Morgan fingerprint density at radius 3 is 2.33 bits per heavy atom. The van der Waals surface area contributed by atoms with Crippen molar-refractivity contribution in [1.82, 2.24) is 0 Å². The van der Waals surface area contributed by atoms with Crippen LogP contribution in [-0.4, -0.2) is 4.92 Å². The Morgan fingerprint density at radius 2 is 1.76 bits per heavy atom. The summed E-state index contributed by atoms with van der Waals surface area (Å²) in [6.45, 7) is 0.0399. The molecule has 0 unspecified atom stereocenters. The Bertz CT molecular complexity index is 691. The van der Waals surface area contributed by atoms with Crippen molar-refractivity contribution in [2.45, 2.75) is 6.54 Å². The number of nitro groups is 1. The number of benzene rings is 2. The second kappa shape index (κ2) is 6.24. The molecule has 0 saturated heterocycles. The molecule has 0 spiro atoms. The van der Waals surface area contributed by atoms with Gasteiger partial charge >= 0.3 is 5.69 Å². The van der Waals surface area contributed by atoms with Crippen LogP contribution in [0.3, 0.4) is 0 Å². The zero-order chi connectivity index (χ0) is 15.6. The van der Waals surface area contributed by atoms with Gasteiger partial charge in [0.1, 0.15) is 5.82 Å². The first-order valence-electron chi connectivity index (χ1n) is 5.70. The fraction of sp³-hybridized carbons (Fsp3) is 0.0769. The first-order valence-corrected chi connectivity index (χ1v) is 6.46. The quantitative estimate of drug-likeness (QED) is 0.646. The molecule has 2 aromatic rings. The predicted molar refractivity (Wildman–Crippen MR) is 76.8 cm³/mol. The molecule has 4 nitrogen and oxygen atoms in total. The molecule has 0 amide bonds. The molecule has 0 radical (unpaired) electrons. The van der Waals surface area contributed by atoms with Gasteiger partial charge < -0.3 is 5.32 Å². The van der Waals surface area contributed by atoms with E-state index in [2.05, 4.69) is 5.32 Å². The molecule has 8 heteroatoms. The number of nitro benzene ring substituents is 1. The third-order valence-electron chi connectivity index (χ3n) is 2.75. The lowest BCUT2D eigenvalue weighted by atomic mass is 10.2. The summed E-state index contributed by atoms with van der Waals surface area (Å²) in [6, 6.07) is 6.10. The van der Waals surface area contributed by atoms with Gasteiger partial charge in [0.05, 0.1) is 10.6 Å². The van der Waals surface area contributed by atoms with E-state index >= 15 is 0 Å². The lowest BCUT2D eigenvalue weighted by Gasteiger charge is -2.10. The zero-order valence-corrected chi connectivity index (χ0v) is 11.9. The SMILES string of the molecule is O=[N+]([O-])c1cc(NCc2c(Cl)cccc2Cl)c(F)cc1F. The average molecular weight is 333 g/mol. The van der Waals surface area contributed by atoms with E-state index in [0.29, 0.717) is 21.7 Å². The highest BCUT2D eigenvalue weighted by Crippen LogP contribution is 2.28. The number of anilines is 1. The van der Waals surface area contributed by atoms with Gasteiger partial charge in [0.15, 0.2) is 0 Å². The number of nitrogens with one attached hydrogen (secondary N) is 1. The van der Waals surface area contributed by atoms with Crippen LogP contribution in [0.2, 0.25) is 10.0 Å². The normalized spacial score (nSPS) is 10.5. The summed E-state index contributed by atoms with van der Waals surface area (Å²) < 4.78 is 26.8. The maximum Gasteiger partial charge on any atom is 0.307 e. The van der Waals surface area contributed by atoms with Gasteiger partial charge in [0, 0.05) is 34.3 Å². The first kappa shape index (κ1) is 15.5. The summed E-state index contributed by atoms with van der Waals surface area (Å²) >= 11 is 11.9. The van der Waals surface area contributed by atoms with E-state index in [1.165, 1.54) is 0 Å². The number of nitrogens with zero attached hydrogens (tertiary/aromatic N) is 1. The molecular formula is C13H8Cl2F2N2O2. The Morgan fingerprint density at radius 1 is 1.14 bits per heavy atom. The molecule has 110 valence electrons. The summed E-state index contributed by atoms with van der Waals surface area (Å²) in [5, 5.41) is 14.0. The first-order chi connectivity index (χ1) is 9.90. The van der Waals surface area contributed by atoms with Crippen LogP contribution in [0.4, 0.5) is 20.2 Å². The van der Waals surface area contributed by atoms with Crippen LogP contribution in [0.15, 0.2) is 30.3 Å².